The highest BCUT2D eigenvalue weighted by Gasteiger charge is 2.17. The Balaban J connectivity index is 2.72. The Kier molecular flexibility index (Phi) is 3.78. The molecule has 102 valence electrons. The summed E-state index contributed by atoms with van der Waals surface area (Å²) >= 11 is 2.04. The van der Waals surface area contributed by atoms with Crippen LogP contribution in [0.4, 0.5) is 0 Å². The Morgan fingerprint density at radius 2 is 2.16 bits per heavy atom. The number of aromatic nitrogens is 3. The highest BCUT2D eigenvalue weighted by atomic mass is 127. The Labute approximate surface area is 122 Å². The lowest BCUT2D eigenvalue weighted by Crippen LogP contribution is -2.21. The zero-order chi connectivity index (χ0) is 14.2. The molecule has 8 heteroatoms. The molecule has 7 nitrogen and oxygen atoms in total. The van der Waals surface area contributed by atoms with Crippen molar-refractivity contribution in [3.8, 4) is 6.01 Å². The number of carbonyl (C=O) groups excluding carboxylic acids is 1. The summed E-state index contributed by atoms with van der Waals surface area (Å²) in [6.07, 6.45) is 1.69. The van der Waals surface area contributed by atoms with Crippen LogP contribution < -0.4 is 10.3 Å². The third-order valence-electron chi connectivity index (χ3n) is 2.72. The lowest BCUT2D eigenvalue weighted by atomic mass is 10.4. The molecular weight excluding hydrogens is 365 g/mol. The maximum absolute atomic E-state index is 12.2. The van der Waals surface area contributed by atoms with E-state index in [0.717, 1.165) is 3.57 Å². The van der Waals surface area contributed by atoms with Crippen LogP contribution in [-0.4, -0.2) is 34.3 Å². The summed E-state index contributed by atoms with van der Waals surface area (Å²) in [5.41, 5.74) is 0.199. The Hall–Kier alpha value is -1.58. The lowest BCUT2D eigenvalue weighted by molar-refractivity contribution is -0.141. The van der Waals surface area contributed by atoms with Gasteiger partial charge in [0.15, 0.2) is 5.65 Å². The number of halogens is 1. The molecule has 0 unspecified atom stereocenters. The SMILES string of the molecule is COC(=O)Cn1cc(I)c2c(=O)n(C)c(OC)nc21. The number of carbonyl (C=O) groups is 1. The minimum atomic E-state index is -0.408. The van der Waals surface area contributed by atoms with Crippen LogP contribution >= 0.6 is 22.6 Å². The molecule has 0 aliphatic rings. The molecule has 2 heterocycles. The fourth-order valence-corrected chi connectivity index (χ4v) is 2.57. The Bertz CT molecular complexity index is 704. The van der Waals surface area contributed by atoms with Crippen molar-refractivity contribution in [2.45, 2.75) is 6.54 Å². The van der Waals surface area contributed by atoms with Gasteiger partial charge >= 0.3 is 12.0 Å². The zero-order valence-corrected chi connectivity index (χ0v) is 12.8. The predicted molar refractivity (Wildman–Crippen MR) is 76.3 cm³/mol. The molecule has 0 saturated carbocycles. The molecule has 0 fully saturated rings. The first-order valence-corrected chi connectivity index (χ1v) is 6.43. The van der Waals surface area contributed by atoms with Gasteiger partial charge in [0.25, 0.3) is 5.56 Å². The monoisotopic (exact) mass is 377 g/mol. The van der Waals surface area contributed by atoms with Gasteiger partial charge < -0.3 is 14.0 Å². The number of fused-ring (bicyclic) bond motifs is 1. The third-order valence-corrected chi connectivity index (χ3v) is 3.54. The van der Waals surface area contributed by atoms with E-state index in [4.69, 9.17) is 4.74 Å². The molecule has 0 amide bonds. The van der Waals surface area contributed by atoms with E-state index in [-0.39, 0.29) is 18.1 Å². The molecule has 0 radical (unpaired) electrons. The molecule has 0 saturated heterocycles. The van der Waals surface area contributed by atoms with Crippen LogP contribution in [0.15, 0.2) is 11.0 Å². The largest absolute Gasteiger partial charge is 0.468 e. The van der Waals surface area contributed by atoms with Crippen LogP contribution in [0.3, 0.4) is 0 Å². The van der Waals surface area contributed by atoms with Crippen molar-refractivity contribution in [1.82, 2.24) is 14.1 Å². The van der Waals surface area contributed by atoms with Crippen molar-refractivity contribution in [1.29, 1.82) is 0 Å². The Morgan fingerprint density at radius 3 is 2.74 bits per heavy atom. The summed E-state index contributed by atoms with van der Waals surface area (Å²) in [7, 11) is 4.33. The van der Waals surface area contributed by atoms with E-state index in [9.17, 15) is 9.59 Å². The summed E-state index contributed by atoms with van der Waals surface area (Å²) in [6, 6.07) is 0.193. The quantitative estimate of drug-likeness (QED) is 0.576. The van der Waals surface area contributed by atoms with Crippen molar-refractivity contribution in [3.63, 3.8) is 0 Å². The van der Waals surface area contributed by atoms with E-state index < -0.39 is 5.97 Å². The first-order valence-electron chi connectivity index (χ1n) is 5.35. The second-order valence-corrected chi connectivity index (χ2v) is 5.00. The molecule has 2 rings (SSSR count). The van der Waals surface area contributed by atoms with Crippen LogP contribution in [0.5, 0.6) is 6.01 Å². The number of hydrogen-bond acceptors (Lipinski definition) is 5. The van der Waals surface area contributed by atoms with E-state index in [1.165, 1.54) is 18.8 Å². The van der Waals surface area contributed by atoms with Gasteiger partial charge in [-0.2, -0.15) is 4.98 Å². The molecule has 2 aromatic rings. The van der Waals surface area contributed by atoms with Crippen molar-refractivity contribution >= 4 is 39.6 Å². The summed E-state index contributed by atoms with van der Waals surface area (Å²) in [6.45, 7) is -0.000671. The van der Waals surface area contributed by atoms with Crippen LogP contribution in [0, 0.1) is 3.57 Å². The second-order valence-electron chi connectivity index (χ2n) is 3.84. The average molecular weight is 377 g/mol. The number of nitrogens with zero attached hydrogens (tertiary/aromatic N) is 3. The van der Waals surface area contributed by atoms with Gasteiger partial charge in [0, 0.05) is 16.8 Å². The van der Waals surface area contributed by atoms with Gasteiger partial charge in [-0.15, -0.1) is 0 Å². The number of methoxy groups -OCH3 is 2. The van der Waals surface area contributed by atoms with Crippen molar-refractivity contribution in [3.05, 3.63) is 20.1 Å². The first kappa shape index (κ1) is 13.8. The molecule has 0 aromatic carbocycles. The number of ether oxygens (including phenoxy) is 2. The topological polar surface area (TPSA) is 75.3 Å². The van der Waals surface area contributed by atoms with Gasteiger partial charge in [0.2, 0.25) is 0 Å². The van der Waals surface area contributed by atoms with Gasteiger partial charge in [-0.3, -0.25) is 14.2 Å². The van der Waals surface area contributed by atoms with E-state index >= 15 is 0 Å². The predicted octanol–water partition coefficient (Wildman–Crippen LogP) is 0.521. The lowest BCUT2D eigenvalue weighted by Gasteiger charge is -2.07. The molecule has 0 aliphatic heterocycles. The summed E-state index contributed by atoms with van der Waals surface area (Å²) in [4.78, 5) is 27.8. The number of esters is 1. The van der Waals surface area contributed by atoms with Crippen LogP contribution in [-0.2, 0) is 23.1 Å². The minimum absolute atomic E-state index is 0.000671. The van der Waals surface area contributed by atoms with Gasteiger partial charge in [0.05, 0.1) is 19.6 Å². The normalized spacial score (nSPS) is 10.7. The van der Waals surface area contributed by atoms with Crippen molar-refractivity contribution in [2.75, 3.05) is 14.2 Å². The van der Waals surface area contributed by atoms with Crippen LogP contribution in [0.25, 0.3) is 11.0 Å². The highest BCUT2D eigenvalue weighted by Crippen LogP contribution is 2.20. The maximum Gasteiger partial charge on any atom is 0.325 e. The number of hydrogen-bond donors (Lipinski definition) is 0. The fourth-order valence-electron chi connectivity index (χ4n) is 1.76. The van der Waals surface area contributed by atoms with E-state index in [0.29, 0.717) is 11.0 Å². The molecule has 2 aromatic heterocycles. The van der Waals surface area contributed by atoms with Gasteiger partial charge in [-0.05, 0) is 22.6 Å². The van der Waals surface area contributed by atoms with Gasteiger partial charge in [0.1, 0.15) is 6.54 Å². The summed E-state index contributed by atoms with van der Waals surface area (Å²) in [5, 5.41) is 0.466. The van der Waals surface area contributed by atoms with E-state index in [1.54, 1.807) is 17.8 Å². The zero-order valence-electron chi connectivity index (χ0n) is 10.6. The molecule has 19 heavy (non-hydrogen) atoms. The molecule has 0 bridgehead atoms. The van der Waals surface area contributed by atoms with Crippen molar-refractivity contribution < 1.29 is 14.3 Å². The minimum Gasteiger partial charge on any atom is -0.468 e. The third kappa shape index (κ3) is 2.31. The molecule has 0 N–H and O–H groups in total. The Morgan fingerprint density at radius 1 is 1.47 bits per heavy atom. The molecule has 0 spiro atoms. The maximum atomic E-state index is 12.2. The van der Waals surface area contributed by atoms with E-state index in [1.807, 2.05) is 22.6 Å². The summed E-state index contributed by atoms with van der Waals surface area (Å²) in [5.74, 6) is -0.408. The van der Waals surface area contributed by atoms with Gasteiger partial charge in [-0.25, -0.2) is 0 Å². The first-order chi connectivity index (χ1) is 8.99. The average Bonchev–Trinajstić information content (AvgIpc) is 2.69. The highest BCUT2D eigenvalue weighted by molar-refractivity contribution is 14.1. The van der Waals surface area contributed by atoms with Crippen LogP contribution in [0.1, 0.15) is 0 Å². The van der Waals surface area contributed by atoms with Crippen molar-refractivity contribution in [2.24, 2.45) is 7.05 Å². The standard InChI is InChI=1S/C11H12IN3O4/c1-14-10(17)8-6(12)4-15(5-7(16)18-2)9(8)13-11(14)19-3/h4H,5H2,1-3H3. The molecule has 0 aliphatic carbocycles. The summed E-state index contributed by atoms with van der Waals surface area (Å²) < 4.78 is 13.3. The second kappa shape index (κ2) is 5.19. The van der Waals surface area contributed by atoms with Crippen LogP contribution in [0.2, 0.25) is 0 Å². The van der Waals surface area contributed by atoms with Gasteiger partial charge in [-0.1, -0.05) is 0 Å². The van der Waals surface area contributed by atoms with E-state index in [2.05, 4.69) is 9.72 Å². The molecular formula is C11H12IN3O4. The smallest absolute Gasteiger partial charge is 0.325 e. The molecule has 0 atom stereocenters. The fraction of sp³-hybridized carbons (Fsp3) is 0.364. The number of rotatable bonds is 3.